The topological polar surface area (TPSA) is 72.9 Å². The highest BCUT2D eigenvalue weighted by Crippen LogP contribution is 2.33. The van der Waals surface area contributed by atoms with Crippen LogP contribution in [0.3, 0.4) is 0 Å². The van der Waals surface area contributed by atoms with Crippen molar-refractivity contribution in [3.8, 4) is 5.69 Å². The molecular weight excluding hydrogens is 381 g/mol. The van der Waals surface area contributed by atoms with Gasteiger partial charge in [0.25, 0.3) is 0 Å². The molecule has 2 aromatic rings. The highest BCUT2D eigenvalue weighted by atomic mass is 35.5. The minimum atomic E-state index is -4.49. The Balaban J connectivity index is 0.00000261. The van der Waals surface area contributed by atoms with Crippen LogP contribution in [0.1, 0.15) is 38.3 Å². The van der Waals surface area contributed by atoms with E-state index in [1.807, 2.05) is 6.92 Å². The van der Waals surface area contributed by atoms with Crippen molar-refractivity contribution in [2.24, 2.45) is 11.7 Å². The van der Waals surface area contributed by atoms with Gasteiger partial charge in [-0.25, -0.2) is 4.68 Å². The van der Waals surface area contributed by atoms with E-state index in [1.54, 1.807) is 12.1 Å². The number of rotatable bonds is 3. The predicted octanol–water partition coefficient (Wildman–Crippen LogP) is 4.16. The molecule has 1 fully saturated rings. The number of carbonyl (C=O) groups is 1. The summed E-state index contributed by atoms with van der Waals surface area (Å²) in [7, 11) is 0. The molecule has 9 heteroatoms. The molecule has 1 saturated carbocycles. The van der Waals surface area contributed by atoms with Crippen LogP contribution in [-0.2, 0) is 11.0 Å². The average Bonchev–Trinajstić information content (AvgIpc) is 3.05. The molecule has 148 valence electrons. The number of alkyl halides is 3. The third-order valence-corrected chi connectivity index (χ3v) is 4.88. The number of nitrogens with zero attached hydrogens (tertiary/aromatic N) is 2. The van der Waals surface area contributed by atoms with Crippen LogP contribution >= 0.6 is 12.4 Å². The maximum Gasteiger partial charge on any atom is 0.433 e. The van der Waals surface area contributed by atoms with Crippen LogP contribution in [0.2, 0.25) is 0 Å². The van der Waals surface area contributed by atoms with Crippen molar-refractivity contribution in [1.82, 2.24) is 9.78 Å². The number of anilines is 1. The zero-order valence-corrected chi connectivity index (χ0v) is 15.6. The molecule has 0 aliphatic heterocycles. The van der Waals surface area contributed by atoms with Gasteiger partial charge in [-0.1, -0.05) is 12.8 Å². The van der Waals surface area contributed by atoms with Crippen molar-refractivity contribution >= 4 is 24.0 Å². The van der Waals surface area contributed by atoms with Crippen LogP contribution in [0, 0.1) is 5.92 Å². The number of nitrogens with one attached hydrogen (secondary N) is 1. The second-order valence-corrected chi connectivity index (χ2v) is 6.97. The van der Waals surface area contributed by atoms with Crippen LogP contribution < -0.4 is 11.1 Å². The lowest BCUT2D eigenvalue weighted by Gasteiger charge is -2.37. The molecule has 0 radical (unpaired) electrons. The van der Waals surface area contributed by atoms with E-state index in [4.69, 9.17) is 5.73 Å². The average molecular weight is 403 g/mol. The number of carbonyl (C=O) groups excluding carboxylic acids is 1. The molecular formula is C18H22ClF3N4O. The Bertz CT molecular complexity index is 787. The van der Waals surface area contributed by atoms with Crippen LogP contribution in [0.4, 0.5) is 18.9 Å². The SMILES string of the molecule is CC1(N)CCCCC1C(=O)Nc1ccc(-n2nccc2C(F)(F)F)cc1.Cl. The first-order chi connectivity index (χ1) is 12.2. The van der Waals surface area contributed by atoms with Gasteiger partial charge in [-0.2, -0.15) is 18.3 Å². The van der Waals surface area contributed by atoms with Gasteiger partial charge in [0.05, 0.1) is 17.8 Å². The zero-order valence-electron chi connectivity index (χ0n) is 14.8. The zero-order chi connectivity index (χ0) is 18.9. The molecule has 0 spiro atoms. The van der Waals surface area contributed by atoms with Crippen molar-refractivity contribution < 1.29 is 18.0 Å². The van der Waals surface area contributed by atoms with Crippen molar-refractivity contribution in [2.45, 2.75) is 44.3 Å². The fourth-order valence-electron chi connectivity index (χ4n) is 3.43. The van der Waals surface area contributed by atoms with Crippen LogP contribution in [0.15, 0.2) is 36.5 Å². The Morgan fingerprint density at radius 2 is 1.93 bits per heavy atom. The summed E-state index contributed by atoms with van der Waals surface area (Å²) in [6.07, 6.45) is 0.114. The molecule has 3 rings (SSSR count). The first kappa shape index (κ1) is 21.2. The third-order valence-electron chi connectivity index (χ3n) is 4.88. The van der Waals surface area contributed by atoms with Crippen molar-refractivity contribution in [3.05, 3.63) is 42.2 Å². The van der Waals surface area contributed by atoms with Gasteiger partial charge >= 0.3 is 6.18 Å². The summed E-state index contributed by atoms with van der Waals surface area (Å²) < 4.78 is 39.7. The van der Waals surface area contributed by atoms with Gasteiger partial charge in [0, 0.05) is 11.2 Å². The Labute approximate surface area is 161 Å². The largest absolute Gasteiger partial charge is 0.433 e. The Hall–Kier alpha value is -2.06. The van der Waals surface area contributed by atoms with Gasteiger partial charge < -0.3 is 11.1 Å². The number of halogens is 4. The molecule has 1 aliphatic rings. The molecule has 0 saturated heterocycles. The van der Waals surface area contributed by atoms with E-state index in [9.17, 15) is 18.0 Å². The van der Waals surface area contributed by atoms with E-state index < -0.39 is 17.4 Å². The highest BCUT2D eigenvalue weighted by Gasteiger charge is 2.38. The molecule has 1 amide bonds. The molecule has 1 aromatic heterocycles. The summed E-state index contributed by atoms with van der Waals surface area (Å²) in [5, 5.41) is 6.54. The summed E-state index contributed by atoms with van der Waals surface area (Å²) in [5.74, 6) is -0.434. The molecule has 2 unspecified atom stereocenters. The summed E-state index contributed by atoms with van der Waals surface area (Å²) in [6, 6.07) is 7.01. The van der Waals surface area contributed by atoms with Gasteiger partial charge in [-0.15, -0.1) is 12.4 Å². The minimum Gasteiger partial charge on any atom is -0.326 e. The summed E-state index contributed by atoms with van der Waals surface area (Å²) in [5.41, 5.74) is 5.63. The van der Waals surface area contributed by atoms with Gasteiger partial charge in [0.1, 0.15) is 5.69 Å². The number of aromatic nitrogens is 2. The Morgan fingerprint density at radius 3 is 2.52 bits per heavy atom. The van der Waals surface area contributed by atoms with Gasteiger partial charge in [0.2, 0.25) is 5.91 Å². The normalized spacial score (nSPS) is 22.8. The van der Waals surface area contributed by atoms with Crippen molar-refractivity contribution in [1.29, 1.82) is 0 Å². The first-order valence-electron chi connectivity index (χ1n) is 8.50. The van der Waals surface area contributed by atoms with E-state index in [0.717, 1.165) is 42.6 Å². The number of amides is 1. The Morgan fingerprint density at radius 1 is 1.26 bits per heavy atom. The van der Waals surface area contributed by atoms with Crippen molar-refractivity contribution in [3.63, 3.8) is 0 Å². The van der Waals surface area contributed by atoms with Gasteiger partial charge in [-0.3, -0.25) is 4.79 Å². The maximum atomic E-state index is 13.0. The van der Waals surface area contributed by atoms with Crippen LogP contribution in [0.5, 0.6) is 0 Å². The molecule has 2 atom stereocenters. The Kier molecular flexibility index (Phi) is 6.21. The number of hydrogen-bond acceptors (Lipinski definition) is 3. The fraction of sp³-hybridized carbons (Fsp3) is 0.444. The lowest BCUT2D eigenvalue weighted by molar-refractivity contribution is -0.142. The number of hydrogen-bond donors (Lipinski definition) is 2. The second-order valence-electron chi connectivity index (χ2n) is 6.97. The van der Waals surface area contributed by atoms with E-state index in [-0.39, 0.29) is 29.9 Å². The first-order valence-corrected chi connectivity index (χ1v) is 8.50. The standard InChI is InChI=1S/C18H21F3N4O.ClH/c1-17(22)10-3-2-4-14(17)16(26)24-12-5-7-13(8-6-12)25-15(9-11-23-25)18(19,20)21;/h5-9,11,14H,2-4,10,22H2,1H3,(H,24,26);1H. The van der Waals surface area contributed by atoms with Gasteiger partial charge in [0.15, 0.2) is 0 Å². The second kappa shape index (κ2) is 7.90. The van der Waals surface area contributed by atoms with Gasteiger partial charge in [-0.05, 0) is 50.1 Å². The smallest absolute Gasteiger partial charge is 0.326 e. The number of benzene rings is 1. The fourth-order valence-corrected chi connectivity index (χ4v) is 3.43. The summed E-state index contributed by atoms with van der Waals surface area (Å²) >= 11 is 0. The minimum absolute atomic E-state index is 0. The van der Waals surface area contributed by atoms with Crippen LogP contribution in [0.25, 0.3) is 5.69 Å². The molecule has 5 nitrogen and oxygen atoms in total. The molecule has 27 heavy (non-hydrogen) atoms. The van der Waals surface area contributed by atoms with E-state index in [1.165, 1.54) is 12.1 Å². The highest BCUT2D eigenvalue weighted by molar-refractivity contribution is 5.93. The number of nitrogens with two attached hydrogens (primary N) is 1. The van der Waals surface area contributed by atoms with E-state index in [0.29, 0.717) is 5.69 Å². The lowest BCUT2D eigenvalue weighted by Crippen LogP contribution is -2.51. The summed E-state index contributed by atoms with van der Waals surface area (Å²) in [6.45, 7) is 1.88. The molecule has 3 N–H and O–H groups in total. The van der Waals surface area contributed by atoms with E-state index in [2.05, 4.69) is 10.4 Å². The monoisotopic (exact) mass is 402 g/mol. The van der Waals surface area contributed by atoms with Crippen molar-refractivity contribution in [2.75, 3.05) is 5.32 Å². The quantitative estimate of drug-likeness (QED) is 0.809. The lowest BCUT2D eigenvalue weighted by atomic mass is 9.74. The molecule has 1 heterocycles. The predicted molar refractivity (Wildman–Crippen MR) is 99.0 cm³/mol. The third kappa shape index (κ3) is 4.62. The van der Waals surface area contributed by atoms with E-state index >= 15 is 0 Å². The molecule has 0 bridgehead atoms. The maximum absolute atomic E-state index is 13.0. The van der Waals surface area contributed by atoms with Crippen LogP contribution in [-0.4, -0.2) is 21.2 Å². The molecule has 1 aliphatic carbocycles. The molecule has 1 aromatic carbocycles. The summed E-state index contributed by atoms with van der Waals surface area (Å²) in [4.78, 5) is 12.5.